The Morgan fingerprint density at radius 1 is 1.47 bits per heavy atom. The second kappa shape index (κ2) is 4.18. The highest BCUT2D eigenvalue weighted by Crippen LogP contribution is 2.48. The predicted molar refractivity (Wildman–Crippen MR) is 61.3 cm³/mol. The molecule has 2 bridgehead atoms. The standard InChI is InChI=1S/C13H17NO3/c15-13(16)11-9-1-2-10(5-9)12(11)14-6-8-3-4-17-7-8/h3-4,7,9-12,14H,1-2,5-6H2,(H,15,16). The maximum absolute atomic E-state index is 11.3. The molecule has 2 aliphatic rings. The van der Waals surface area contributed by atoms with E-state index >= 15 is 0 Å². The van der Waals surface area contributed by atoms with Crippen molar-refractivity contribution >= 4 is 5.97 Å². The first-order valence-corrected chi connectivity index (χ1v) is 6.23. The molecule has 2 N–H and O–H groups in total. The lowest BCUT2D eigenvalue weighted by atomic mass is 9.84. The van der Waals surface area contributed by atoms with Gasteiger partial charge in [0.15, 0.2) is 0 Å². The van der Waals surface area contributed by atoms with Gasteiger partial charge in [0.25, 0.3) is 0 Å². The first-order valence-electron chi connectivity index (χ1n) is 6.23. The molecule has 17 heavy (non-hydrogen) atoms. The van der Waals surface area contributed by atoms with E-state index in [1.807, 2.05) is 6.07 Å². The van der Waals surface area contributed by atoms with E-state index in [0.29, 0.717) is 18.4 Å². The van der Waals surface area contributed by atoms with Crippen molar-refractivity contribution < 1.29 is 14.3 Å². The molecule has 1 aromatic rings. The van der Waals surface area contributed by atoms with E-state index in [4.69, 9.17) is 4.42 Å². The maximum atomic E-state index is 11.3. The molecule has 0 aliphatic heterocycles. The van der Waals surface area contributed by atoms with Crippen molar-refractivity contribution in [1.82, 2.24) is 5.32 Å². The maximum Gasteiger partial charge on any atom is 0.308 e. The number of hydrogen-bond donors (Lipinski definition) is 2. The zero-order chi connectivity index (χ0) is 11.8. The van der Waals surface area contributed by atoms with Gasteiger partial charge < -0.3 is 14.8 Å². The second-order valence-electron chi connectivity index (χ2n) is 5.24. The highest BCUT2D eigenvalue weighted by atomic mass is 16.4. The van der Waals surface area contributed by atoms with Crippen molar-refractivity contribution in [2.75, 3.05) is 0 Å². The lowest BCUT2D eigenvalue weighted by molar-refractivity contribution is -0.144. The van der Waals surface area contributed by atoms with Crippen LogP contribution in [0.2, 0.25) is 0 Å². The summed E-state index contributed by atoms with van der Waals surface area (Å²) >= 11 is 0. The van der Waals surface area contributed by atoms with Crippen molar-refractivity contribution in [2.24, 2.45) is 17.8 Å². The minimum atomic E-state index is -0.637. The molecule has 0 aromatic carbocycles. The Bertz CT molecular complexity index is 401. The number of fused-ring (bicyclic) bond motifs is 2. The van der Waals surface area contributed by atoms with Crippen LogP contribution in [-0.2, 0) is 11.3 Å². The van der Waals surface area contributed by atoms with Gasteiger partial charge in [-0.2, -0.15) is 0 Å². The van der Waals surface area contributed by atoms with Crippen molar-refractivity contribution in [1.29, 1.82) is 0 Å². The third kappa shape index (κ3) is 1.86. The summed E-state index contributed by atoms with van der Waals surface area (Å²) in [6.07, 6.45) is 6.70. The fourth-order valence-corrected chi connectivity index (χ4v) is 3.57. The molecule has 1 heterocycles. The molecule has 0 amide bonds. The summed E-state index contributed by atoms with van der Waals surface area (Å²) in [4.78, 5) is 11.3. The third-order valence-electron chi connectivity index (χ3n) is 4.32. The van der Waals surface area contributed by atoms with Gasteiger partial charge in [0.1, 0.15) is 0 Å². The SMILES string of the molecule is O=C(O)C1C2CCC(C2)C1NCc1ccoc1. The normalized spacial score (nSPS) is 35.3. The largest absolute Gasteiger partial charge is 0.481 e. The Labute approximate surface area is 100 Å². The van der Waals surface area contributed by atoms with Crippen molar-refractivity contribution in [3.63, 3.8) is 0 Å². The summed E-state index contributed by atoms with van der Waals surface area (Å²) in [5.74, 6) is 0.106. The number of carbonyl (C=O) groups is 1. The molecule has 0 saturated heterocycles. The number of carboxylic acid groups (broad SMARTS) is 1. The van der Waals surface area contributed by atoms with Gasteiger partial charge in [-0.3, -0.25) is 4.79 Å². The molecule has 2 saturated carbocycles. The van der Waals surface area contributed by atoms with E-state index in [2.05, 4.69) is 5.32 Å². The van der Waals surface area contributed by atoms with E-state index < -0.39 is 5.97 Å². The molecule has 4 atom stereocenters. The Morgan fingerprint density at radius 2 is 2.29 bits per heavy atom. The molecule has 92 valence electrons. The van der Waals surface area contributed by atoms with Gasteiger partial charge in [-0.05, 0) is 37.2 Å². The fraction of sp³-hybridized carbons (Fsp3) is 0.615. The highest BCUT2D eigenvalue weighted by Gasteiger charge is 2.50. The van der Waals surface area contributed by atoms with E-state index in [0.717, 1.165) is 18.4 Å². The quantitative estimate of drug-likeness (QED) is 0.836. The Morgan fingerprint density at radius 3 is 3.00 bits per heavy atom. The Balaban J connectivity index is 1.67. The van der Waals surface area contributed by atoms with Crippen LogP contribution >= 0.6 is 0 Å². The Hall–Kier alpha value is -1.29. The molecule has 2 aliphatic carbocycles. The number of carboxylic acids is 1. The van der Waals surface area contributed by atoms with Gasteiger partial charge >= 0.3 is 5.97 Å². The fourth-order valence-electron chi connectivity index (χ4n) is 3.57. The number of nitrogens with one attached hydrogen (secondary N) is 1. The van der Waals surface area contributed by atoms with Crippen LogP contribution < -0.4 is 5.32 Å². The molecule has 4 heteroatoms. The summed E-state index contributed by atoms with van der Waals surface area (Å²) in [5.41, 5.74) is 1.08. The number of aliphatic carboxylic acids is 1. The minimum absolute atomic E-state index is 0.140. The lowest BCUT2D eigenvalue weighted by Gasteiger charge is -2.28. The number of hydrogen-bond acceptors (Lipinski definition) is 3. The van der Waals surface area contributed by atoms with Crippen molar-refractivity contribution in [2.45, 2.75) is 31.8 Å². The summed E-state index contributed by atoms with van der Waals surface area (Å²) in [6, 6.07) is 2.05. The summed E-state index contributed by atoms with van der Waals surface area (Å²) in [7, 11) is 0. The van der Waals surface area contributed by atoms with Crippen LogP contribution in [0.25, 0.3) is 0 Å². The smallest absolute Gasteiger partial charge is 0.308 e. The zero-order valence-electron chi connectivity index (χ0n) is 9.63. The van der Waals surface area contributed by atoms with Gasteiger partial charge in [0, 0.05) is 18.2 Å². The molecule has 4 unspecified atom stereocenters. The minimum Gasteiger partial charge on any atom is -0.481 e. The van der Waals surface area contributed by atoms with Crippen LogP contribution in [-0.4, -0.2) is 17.1 Å². The molecule has 3 rings (SSSR count). The van der Waals surface area contributed by atoms with Crippen molar-refractivity contribution in [3.05, 3.63) is 24.2 Å². The summed E-state index contributed by atoms with van der Waals surface area (Å²) < 4.78 is 5.01. The van der Waals surface area contributed by atoms with E-state index in [9.17, 15) is 9.90 Å². The van der Waals surface area contributed by atoms with Crippen molar-refractivity contribution in [3.8, 4) is 0 Å². The zero-order valence-corrected chi connectivity index (χ0v) is 9.63. The molecule has 1 aromatic heterocycles. The van der Waals surface area contributed by atoms with Gasteiger partial charge in [-0.25, -0.2) is 0 Å². The molecular formula is C13H17NO3. The van der Waals surface area contributed by atoms with E-state index in [1.165, 1.54) is 6.42 Å². The molecular weight excluding hydrogens is 218 g/mol. The third-order valence-corrected chi connectivity index (χ3v) is 4.32. The van der Waals surface area contributed by atoms with Crippen LogP contribution in [0.15, 0.2) is 23.0 Å². The second-order valence-corrected chi connectivity index (χ2v) is 5.24. The van der Waals surface area contributed by atoms with E-state index in [-0.39, 0.29) is 12.0 Å². The molecule has 2 fully saturated rings. The summed E-state index contributed by atoms with van der Waals surface area (Å²) in [5, 5.41) is 12.7. The highest BCUT2D eigenvalue weighted by molar-refractivity contribution is 5.72. The van der Waals surface area contributed by atoms with Crippen LogP contribution in [0.4, 0.5) is 0 Å². The monoisotopic (exact) mass is 235 g/mol. The van der Waals surface area contributed by atoms with Crippen LogP contribution in [0.3, 0.4) is 0 Å². The van der Waals surface area contributed by atoms with Crippen LogP contribution in [0.1, 0.15) is 24.8 Å². The molecule has 4 nitrogen and oxygen atoms in total. The van der Waals surface area contributed by atoms with Crippen LogP contribution in [0, 0.1) is 17.8 Å². The van der Waals surface area contributed by atoms with Crippen LogP contribution in [0.5, 0.6) is 0 Å². The van der Waals surface area contributed by atoms with Gasteiger partial charge in [-0.15, -0.1) is 0 Å². The molecule has 0 spiro atoms. The summed E-state index contributed by atoms with van der Waals surface area (Å²) in [6.45, 7) is 0.703. The first kappa shape index (κ1) is 10.8. The van der Waals surface area contributed by atoms with Gasteiger partial charge in [0.05, 0.1) is 18.4 Å². The number of furan rings is 1. The average molecular weight is 235 g/mol. The number of rotatable bonds is 4. The van der Waals surface area contributed by atoms with Gasteiger partial charge in [0.2, 0.25) is 0 Å². The first-order chi connectivity index (χ1) is 8.25. The molecule has 0 radical (unpaired) electrons. The Kier molecular flexibility index (Phi) is 2.67. The predicted octanol–water partition coefficient (Wildman–Crippen LogP) is 1.87. The van der Waals surface area contributed by atoms with Gasteiger partial charge in [-0.1, -0.05) is 0 Å². The average Bonchev–Trinajstić information content (AvgIpc) is 3.01. The lowest BCUT2D eigenvalue weighted by Crippen LogP contribution is -2.43. The van der Waals surface area contributed by atoms with E-state index in [1.54, 1.807) is 12.5 Å². The topological polar surface area (TPSA) is 62.5 Å².